The van der Waals surface area contributed by atoms with Crippen LogP contribution < -0.4 is 47.9 Å². The first-order chi connectivity index (χ1) is 66.6. The highest BCUT2D eigenvalue weighted by Crippen LogP contribution is 2.40. The van der Waals surface area contributed by atoms with Crippen LogP contribution in [-0.2, 0) is 133 Å². The monoisotopic (exact) mass is 2000 g/mol. The number of ketones is 4. The number of aliphatic hydroxyl groups excluding tert-OH is 9. The highest BCUT2D eigenvalue weighted by atomic mass is 16.7. The van der Waals surface area contributed by atoms with Crippen molar-refractivity contribution in [3.8, 4) is 0 Å². The first-order valence-corrected chi connectivity index (χ1v) is 48.4. The molecule has 0 saturated carbocycles. The van der Waals surface area contributed by atoms with Crippen LogP contribution in [0, 0.1) is 17.9 Å². The fourth-order valence-corrected chi connectivity index (χ4v) is 14.7. The molecule has 3 heterocycles. The largest absolute Gasteiger partial charge is 0.394 e. The molecule has 47 nitrogen and oxygen atoms in total. The average Bonchev–Trinajstić information content (AvgIpc) is 0.818. The maximum absolute atomic E-state index is 14.2. The molecule has 3 aliphatic heterocycles. The molecule has 0 radical (unpaired) electrons. The Hall–Kier alpha value is -7.56. The number of rotatable bonds is 84. The SMILES string of the molecule is [C-]#[N+]C(C)(CCC(=O)CCCOCCOCC(=O)CCCOCCOCC(=O)CCCOCCOCC(=O)CC(CCC(=O)NCCOCC(=O)NCCCCCO[C@@H]1O[C@H](CO)[C@H](O)[C@H](O)[C@H]1NC(C)=O)(CCC(=O)NCCOCC(=O)NCCCCCO[C@@H]1O[C@H](CO)[C@H](O)[C@H](O)[C@H]1NC(C)=O)CCC(=O)NCCOCC(=O)NCCCCCO[C@@H]1O[C@H](CO)[C@H](O)[C@H](O)[C@H]1NC(C)=O)C(C)C. The summed E-state index contributed by atoms with van der Waals surface area (Å²) in [5.41, 5.74) is -1.77. The van der Waals surface area contributed by atoms with Crippen molar-refractivity contribution in [2.75, 3.05) is 198 Å². The summed E-state index contributed by atoms with van der Waals surface area (Å²) >= 11 is 0. The van der Waals surface area contributed by atoms with E-state index >= 15 is 0 Å². The second-order valence-corrected chi connectivity index (χ2v) is 35.1. The summed E-state index contributed by atoms with van der Waals surface area (Å²) in [7, 11) is 0. The zero-order valence-electron chi connectivity index (χ0n) is 81.8. The summed E-state index contributed by atoms with van der Waals surface area (Å²) in [6, 6.07) is -3.27. The minimum absolute atomic E-state index is 0.0280. The number of carbonyl (C=O) groups is 13. The van der Waals surface area contributed by atoms with Gasteiger partial charge in [0.05, 0.1) is 79.3 Å². The van der Waals surface area contributed by atoms with Crippen LogP contribution in [0.4, 0.5) is 0 Å². The normalized spacial score (nSPS) is 21.8. The summed E-state index contributed by atoms with van der Waals surface area (Å²) < 4.78 is 84.0. The van der Waals surface area contributed by atoms with Gasteiger partial charge in [0, 0.05) is 170 Å². The van der Waals surface area contributed by atoms with E-state index in [9.17, 15) is 108 Å². The molecular weight excluding hydrogens is 1840 g/mol. The quantitative estimate of drug-likeness (QED) is 0.0209. The third kappa shape index (κ3) is 56.3. The fraction of sp³-hybridized carbons (Fsp3) is 0.848. The maximum atomic E-state index is 14.2. The van der Waals surface area contributed by atoms with Crippen LogP contribution in [0.5, 0.6) is 0 Å². The number of amides is 9. The number of Topliss-reactive ketones (excluding diaryl/α,β-unsaturated/α-hetero) is 4. The van der Waals surface area contributed by atoms with Crippen LogP contribution in [0.1, 0.15) is 196 Å². The molecule has 0 aromatic rings. The van der Waals surface area contributed by atoms with Gasteiger partial charge in [0.1, 0.15) is 118 Å². The first-order valence-electron chi connectivity index (χ1n) is 48.4. The van der Waals surface area contributed by atoms with Gasteiger partial charge in [-0.3, -0.25) is 62.3 Å². The van der Waals surface area contributed by atoms with Crippen molar-refractivity contribution in [2.24, 2.45) is 11.3 Å². The predicted octanol–water partition coefficient (Wildman–Crippen LogP) is -3.33. The Morgan fingerprint density at radius 1 is 0.317 bits per heavy atom. The number of aliphatic hydroxyl groups is 9. The molecule has 47 heteroatoms. The van der Waals surface area contributed by atoms with Crippen molar-refractivity contribution < 1.29 is 179 Å². The minimum Gasteiger partial charge on any atom is -0.394 e. The van der Waals surface area contributed by atoms with Gasteiger partial charge in [-0.1, -0.05) is 13.8 Å². The van der Waals surface area contributed by atoms with Crippen LogP contribution in [0.2, 0.25) is 0 Å². The van der Waals surface area contributed by atoms with E-state index in [1.165, 1.54) is 20.8 Å². The molecular formula is C92H160N10O37. The molecule has 9 amide bonds. The summed E-state index contributed by atoms with van der Waals surface area (Å²) in [6.45, 7) is 16.1. The number of hydrogen-bond acceptors (Lipinski definition) is 37. The number of hydrogen-bond donors (Lipinski definition) is 18. The van der Waals surface area contributed by atoms with Crippen LogP contribution in [-0.4, -0.2) is 418 Å². The van der Waals surface area contributed by atoms with E-state index in [1.54, 1.807) is 0 Å². The number of carbonyl (C=O) groups excluding carboxylic acids is 13. The lowest BCUT2D eigenvalue weighted by molar-refractivity contribution is -0.270. The molecule has 18 N–H and O–H groups in total. The number of unbranched alkanes of at least 4 members (excludes halogenated alkanes) is 6. The Balaban J connectivity index is 1.57. The average molecular weight is 2000 g/mol. The lowest BCUT2D eigenvalue weighted by atomic mass is 9.71. The predicted molar refractivity (Wildman–Crippen MR) is 492 cm³/mol. The third-order valence-electron chi connectivity index (χ3n) is 23.2. The summed E-state index contributed by atoms with van der Waals surface area (Å²) in [6.07, 6.45) is -8.80. The first kappa shape index (κ1) is 126. The number of nitrogens with zero attached hydrogens (tertiary/aromatic N) is 1. The Kier molecular flexibility index (Phi) is 68.0. The van der Waals surface area contributed by atoms with Gasteiger partial charge in [-0.15, -0.1) is 0 Å². The Morgan fingerprint density at radius 2 is 0.604 bits per heavy atom. The van der Waals surface area contributed by atoms with Gasteiger partial charge in [-0.05, 0) is 102 Å². The molecule has 139 heavy (non-hydrogen) atoms. The summed E-state index contributed by atoms with van der Waals surface area (Å²) in [5.74, 6) is -4.72. The Labute approximate surface area is 813 Å². The van der Waals surface area contributed by atoms with Crippen LogP contribution >= 0.6 is 0 Å². The van der Waals surface area contributed by atoms with Gasteiger partial charge in [-0.25, -0.2) is 6.57 Å². The van der Waals surface area contributed by atoms with E-state index in [-0.39, 0.29) is 239 Å². The van der Waals surface area contributed by atoms with Gasteiger partial charge in [-0.2, -0.15) is 0 Å². The van der Waals surface area contributed by atoms with Gasteiger partial charge >= 0.3 is 0 Å². The van der Waals surface area contributed by atoms with Crippen molar-refractivity contribution in [1.82, 2.24) is 47.9 Å². The number of nitrogens with one attached hydrogen (secondary N) is 9. The fourth-order valence-electron chi connectivity index (χ4n) is 14.7. The second-order valence-electron chi connectivity index (χ2n) is 35.1. The highest BCUT2D eigenvalue weighted by molar-refractivity contribution is 5.83. The zero-order chi connectivity index (χ0) is 103. The molecule has 0 aromatic carbocycles. The van der Waals surface area contributed by atoms with E-state index < -0.39 is 188 Å². The molecule has 1 unspecified atom stereocenters. The lowest BCUT2D eigenvalue weighted by Crippen LogP contribution is -2.64. The molecule has 0 aliphatic carbocycles. The molecule has 800 valence electrons. The zero-order valence-corrected chi connectivity index (χ0v) is 81.8. The van der Waals surface area contributed by atoms with Crippen molar-refractivity contribution in [1.29, 1.82) is 0 Å². The smallest absolute Gasteiger partial charge is 0.245 e. The third-order valence-corrected chi connectivity index (χ3v) is 23.2. The molecule has 0 aromatic heterocycles. The molecule has 3 fully saturated rings. The van der Waals surface area contributed by atoms with E-state index in [0.717, 1.165) is 0 Å². The van der Waals surface area contributed by atoms with Crippen molar-refractivity contribution in [3.63, 3.8) is 0 Å². The van der Waals surface area contributed by atoms with E-state index in [2.05, 4.69) is 52.7 Å². The van der Waals surface area contributed by atoms with E-state index in [1.807, 2.05) is 20.8 Å². The molecule has 3 aliphatic rings. The van der Waals surface area contributed by atoms with E-state index in [0.29, 0.717) is 110 Å². The van der Waals surface area contributed by atoms with Crippen LogP contribution in [0.3, 0.4) is 0 Å². The number of ether oxygens (including phenoxy) is 15. The summed E-state index contributed by atoms with van der Waals surface area (Å²) in [4.78, 5) is 170. The molecule has 3 rings (SSSR count). The molecule has 3 saturated heterocycles. The van der Waals surface area contributed by atoms with Crippen molar-refractivity contribution in [3.05, 3.63) is 11.4 Å². The standard InChI is InChI=1S/C92H160N10O37/c1-62(2)91(6,93-7)27-23-66(109)20-17-37-125-46-49-131-56-67(110)21-18-38-126-47-50-132-57-68(111)22-19-39-127-48-51-133-58-69(112)52-92(28-24-73(113)97-34-43-128-59-76(116)94-31-11-8-14-40-134-88-79(100-63(3)106)85(122)82(119)70(53-103)137-88,29-25-74(114)98-35-44-129-60-77(117)95-32-12-9-15-41-135-89-80(101-64(4)107)86(123)83(120)71(54-104)138-89)30-26-75(115)99-36-45-130-61-78(118)96-33-13-10-16-42-136-90-81(102-65(5)108)87(124)84(121)72(55-105)139-90/h62,70-72,79-90,103-105,119-124H,8-61H2,1-6H3,(H,94,116)(H,95,117)(H,96,118)(H,97,113)(H,98,114)(H,99,115)(H,100,106)(H,101,107)(H,102,108)/t70-,71-,72-,79-,80-,81-,82+,83+,84+,85-,86-,87-,88-,89-,90-,91?/m1/s1. The van der Waals surface area contributed by atoms with E-state index in [4.69, 9.17) is 77.6 Å². The van der Waals surface area contributed by atoms with Gasteiger partial charge in [0.15, 0.2) is 36.2 Å². The topological polar surface area (TPSA) is 655 Å². The van der Waals surface area contributed by atoms with Crippen molar-refractivity contribution in [2.45, 2.75) is 293 Å². The van der Waals surface area contributed by atoms with Crippen molar-refractivity contribution >= 4 is 76.3 Å². The van der Waals surface area contributed by atoms with Gasteiger partial charge in [0.2, 0.25) is 58.7 Å². The molecule has 16 atom stereocenters. The highest BCUT2D eigenvalue weighted by Gasteiger charge is 2.49. The molecule has 0 bridgehead atoms. The Bertz CT molecular complexity index is 3310. The van der Waals surface area contributed by atoms with Crippen LogP contribution in [0.15, 0.2) is 0 Å². The Morgan fingerprint density at radius 3 is 0.899 bits per heavy atom. The molecule has 0 spiro atoms. The maximum Gasteiger partial charge on any atom is 0.245 e. The summed E-state index contributed by atoms with van der Waals surface area (Å²) in [5, 5.41) is 115. The van der Waals surface area contributed by atoms with Gasteiger partial charge in [0.25, 0.3) is 0 Å². The minimum atomic E-state index is -1.46. The lowest BCUT2D eigenvalue weighted by Gasteiger charge is -2.42. The second kappa shape index (κ2) is 75.2. The van der Waals surface area contributed by atoms with Crippen LogP contribution in [0.25, 0.3) is 4.85 Å². The van der Waals surface area contributed by atoms with Gasteiger partial charge < -0.3 is 170 Å².